The molecule has 0 aromatic heterocycles. The average Bonchev–Trinajstić information content (AvgIpc) is 2.15. The van der Waals surface area contributed by atoms with Gasteiger partial charge in [-0.25, -0.2) is 0 Å². The number of hydrogen-bond donors (Lipinski definition) is 0. The van der Waals surface area contributed by atoms with E-state index in [1.165, 1.54) is 6.07 Å². The molecule has 0 aliphatic rings. The minimum atomic E-state index is -4.70. The zero-order valence-corrected chi connectivity index (χ0v) is 9.06. The molecule has 1 nitrogen and oxygen atoms in total. The van der Waals surface area contributed by atoms with Crippen LogP contribution in [0.1, 0.15) is 30.9 Å². The maximum atomic E-state index is 12.2. The van der Waals surface area contributed by atoms with Gasteiger partial charge in [-0.1, -0.05) is 38.6 Å². The van der Waals surface area contributed by atoms with Gasteiger partial charge in [0.1, 0.15) is 5.75 Å². The molecule has 0 heterocycles. The summed E-state index contributed by atoms with van der Waals surface area (Å²) >= 11 is 0. The van der Waals surface area contributed by atoms with Gasteiger partial charge >= 0.3 is 6.36 Å². The Hall–Kier alpha value is -1.45. The van der Waals surface area contributed by atoms with Crippen LogP contribution in [0.4, 0.5) is 13.2 Å². The highest BCUT2D eigenvalue weighted by molar-refractivity contribution is 5.46. The Kier molecular flexibility index (Phi) is 3.62. The number of halogens is 3. The monoisotopic (exact) mass is 229 g/mol. The first kappa shape index (κ1) is 12.6. The Bertz CT molecular complexity index is 380. The highest BCUT2D eigenvalue weighted by atomic mass is 19.4. The van der Waals surface area contributed by atoms with E-state index in [0.717, 1.165) is 0 Å². The van der Waals surface area contributed by atoms with Crippen molar-refractivity contribution in [3.63, 3.8) is 0 Å². The molecule has 0 bridgehead atoms. The van der Waals surface area contributed by atoms with Crippen molar-refractivity contribution in [3.8, 4) is 5.75 Å². The van der Waals surface area contributed by atoms with Gasteiger partial charge in [0.05, 0.1) is 0 Å². The fraction of sp³-hybridized carbons (Fsp3) is 0.333. The van der Waals surface area contributed by atoms with Gasteiger partial charge in [0.15, 0.2) is 0 Å². The molecule has 0 unspecified atom stereocenters. The molecule has 0 saturated heterocycles. The smallest absolute Gasteiger partial charge is 0.405 e. The Morgan fingerprint density at radius 1 is 1.31 bits per heavy atom. The molecular formula is C12H12F3O. The lowest BCUT2D eigenvalue weighted by molar-refractivity contribution is -0.275. The van der Waals surface area contributed by atoms with Crippen LogP contribution >= 0.6 is 0 Å². The third kappa shape index (κ3) is 3.02. The molecule has 87 valence electrons. The first-order valence-electron chi connectivity index (χ1n) is 4.77. The molecule has 4 heteroatoms. The molecule has 0 aliphatic carbocycles. The standard InChI is InChI=1S/C12H12F3O/c1-4-9-6-5-7-10(8(2)3)11(9)16-12(13,14)15/h5-8H,1H2,2-3H3. The van der Waals surface area contributed by atoms with E-state index in [9.17, 15) is 13.2 Å². The van der Waals surface area contributed by atoms with Crippen LogP contribution in [0.15, 0.2) is 24.8 Å². The predicted octanol–water partition coefficient (Wildman–Crippen LogP) is 4.05. The second-order valence-electron chi connectivity index (χ2n) is 3.60. The molecular weight excluding hydrogens is 217 g/mol. The number of benzene rings is 1. The van der Waals surface area contributed by atoms with Crippen LogP contribution in [0.5, 0.6) is 5.75 Å². The fourth-order valence-corrected chi connectivity index (χ4v) is 1.38. The Balaban J connectivity index is 3.25. The van der Waals surface area contributed by atoms with E-state index in [0.29, 0.717) is 5.56 Å². The van der Waals surface area contributed by atoms with Crippen LogP contribution in [0.2, 0.25) is 0 Å². The van der Waals surface area contributed by atoms with Gasteiger partial charge in [0.2, 0.25) is 0 Å². The lowest BCUT2D eigenvalue weighted by atomic mass is 9.99. The number of hydrogen-bond acceptors (Lipinski definition) is 1. The normalized spacial score (nSPS) is 11.6. The number of rotatable bonds is 3. The van der Waals surface area contributed by atoms with Crippen LogP contribution in [-0.2, 0) is 0 Å². The van der Waals surface area contributed by atoms with E-state index in [4.69, 9.17) is 0 Å². The van der Waals surface area contributed by atoms with Crippen molar-refractivity contribution in [1.82, 2.24) is 0 Å². The third-order valence-corrected chi connectivity index (χ3v) is 2.08. The summed E-state index contributed by atoms with van der Waals surface area (Å²) in [5.74, 6) is -0.273. The molecule has 0 aliphatic heterocycles. The SMILES string of the molecule is C=[C]c1cccc(C(C)C)c1OC(F)(F)F. The first-order valence-corrected chi connectivity index (χ1v) is 4.77. The van der Waals surface area contributed by atoms with Gasteiger partial charge in [-0.3, -0.25) is 0 Å². The van der Waals surface area contributed by atoms with Crippen molar-refractivity contribution in [3.05, 3.63) is 42.0 Å². The molecule has 16 heavy (non-hydrogen) atoms. The molecule has 0 fully saturated rings. The Labute approximate surface area is 92.5 Å². The molecule has 1 rings (SSSR count). The molecule has 0 atom stereocenters. The molecule has 0 spiro atoms. The van der Waals surface area contributed by atoms with E-state index < -0.39 is 6.36 Å². The number of para-hydroxylation sites is 1. The summed E-state index contributed by atoms with van der Waals surface area (Å²) in [6, 6.07) is 4.75. The van der Waals surface area contributed by atoms with Crippen molar-refractivity contribution >= 4 is 0 Å². The lowest BCUT2D eigenvalue weighted by Crippen LogP contribution is -2.19. The quantitative estimate of drug-likeness (QED) is 0.759. The van der Waals surface area contributed by atoms with Crippen LogP contribution in [0.25, 0.3) is 0 Å². The van der Waals surface area contributed by atoms with Crippen molar-refractivity contribution in [2.75, 3.05) is 0 Å². The lowest BCUT2D eigenvalue weighted by Gasteiger charge is -2.17. The van der Waals surface area contributed by atoms with E-state index in [2.05, 4.69) is 17.4 Å². The van der Waals surface area contributed by atoms with Gasteiger partial charge in [0, 0.05) is 5.56 Å². The molecule has 0 N–H and O–H groups in total. The van der Waals surface area contributed by atoms with Crippen molar-refractivity contribution in [2.24, 2.45) is 0 Å². The van der Waals surface area contributed by atoms with Crippen molar-refractivity contribution in [2.45, 2.75) is 26.1 Å². The zero-order chi connectivity index (χ0) is 12.3. The highest BCUT2D eigenvalue weighted by Gasteiger charge is 2.33. The largest absolute Gasteiger partial charge is 0.573 e. The summed E-state index contributed by atoms with van der Waals surface area (Å²) in [5.41, 5.74) is 0.717. The van der Waals surface area contributed by atoms with Gasteiger partial charge < -0.3 is 4.74 Å². The van der Waals surface area contributed by atoms with Gasteiger partial charge in [-0.15, -0.1) is 13.2 Å². The van der Waals surface area contributed by atoms with Gasteiger partial charge in [0.25, 0.3) is 0 Å². The summed E-state index contributed by atoms with van der Waals surface area (Å²) in [6.45, 7) is 6.94. The minimum absolute atomic E-state index is 0.0642. The topological polar surface area (TPSA) is 9.23 Å². The van der Waals surface area contributed by atoms with Crippen LogP contribution in [0, 0.1) is 6.08 Å². The molecule has 1 radical (unpaired) electrons. The number of alkyl halides is 3. The van der Waals surface area contributed by atoms with Crippen LogP contribution in [-0.4, -0.2) is 6.36 Å². The summed E-state index contributed by atoms with van der Waals surface area (Å²) < 4.78 is 40.7. The van der Waals surface area contributed by atoms with Crippen molar-refractivity contribution < 1.29 is 17.9 Å². The predicted molar refractivity (Wildman–Crippen MR) is 55.2 cm³/mol. The maximum absolute atomic E-state index is 12.2. The molecule has 1 aromatic carbocycles. The molecule has 0 amide bonds. The van der Waals surface area contributed by atoms with E-state index >= 15 is 0 Å². The minimum Gasteiger partial charge on any atom is -0.405 e. The second kappa shape index (κ2) is 4.60. The summed E-state index contributed by atoms with van der Waals surface area (Å²) in [5, 5.41) is 0. The summed E-state index contributed by atoms with van der Waals surface area (Å²) in [4.78, 5) is 0. The van der Waals surface area contributed by atoms with E-state index in [1.807, 2.05) is 0 Å². The van der Waals surface area contributed by atoms with Gasteiger partial charge in [-0.05, 0) is 17.6 Å². The summed E-state index contributed by atoms with van der Waals surface area (Å²) in [6.07, 6.45) is -2.26. The summed E-state index contributed by atoms with van der Waals surface area (Å²) in [7, 11) is 0. The van der Waals surface area contributed by atoms with E-state index in [-0.39, 0.29) is 17.2 Å². The fourth-order valence-electron chi connectivity index (χ4n) is 1.38. The van der Waals surface area contributed by atoms with Crippen molar-refractivity contribution in [1.29, 1.82) is 0 Å². The Morgan fingerprint density at radius 2 is 1.94 bits per heavy atom. The number of ether oxygens (including phenoxy) is 1. The first-order chi connectivity index (χ1) is 7.35. The highest BCUT2D eigenvalue weighted by Crippen LogP contribution is 2.34. The van der Waals surface area contributed by atoms with E-state index in [1.54, 1.807) is 26.0 Å². The Morgan fingerprint density at radius 3 is 2.38 bits per heavy atom. The average molecular weight is 229 g/mol. The molecule has 0 saturated carbocycles. The zero-order valence-electron chi connectivity index (χ0n) is 9.06. The van der Waals surface area contributed by atoms with Crippen LogP contribution in [0.3, 0.4) is 0 Å². The third-order valence-electron chi connectivity index (χ3n) is 2.08. The maximum Gasteiger partial charge on any atom is 0.573 e. The van der Waals surface area contributed by atoms with Gasteiger partial charge in [-0.2, -0.15) is 0 Å². The van der Waals surface area contributed by atoms with Crippen LogP contribution < -0.4 is 4.74 Å². The molecule has 1 aromatic rings. The second-order valence-corrected chi connectivity index (χ2v) is 3.60.